The van der Waals surface area contributed by atoms with Crippen LogP contribution in [0.1, 0.15) is 32.1 Å². The van der Waals surface area contributed by atoms with Gasteiger partial charge in [0, 0.05) is 12.6 Å². The lowest BCUT2D eigenvalue weighted by atomic mass is 10.2. The van der Waals surface area contributed by atoms with Gasteiger partial charge in [0.1, 0.15) is 18.0 Å². The summed E-state index contributed by atoms with van der Waals surface area (Å²) in [4.78, 5) is 15.4. The monoisotopic (exact) mass is 489 g/mol. The van der Waals surface area contributed by atoms with E-state index in [1.54, 1.807) is 36.4 Å². The third-order valence-electron chi connectivity index (χ3n) is 5.95. The van der Waals surface area contributed by atoms with Gasteiger partial charge >= 0.3 is 0 Å². The highest BCUT2D eigenvalue weighted by Crippen LogP contribution is 2.35. The molecule has 1 aliphatic heterocycles. The first kappa shape index (κ1) is 25.8. The number of anilines is 1. The molecular formula is C25H35N3O5S. The highest BCUT2D eigenvalue weighted by Gasteiger charge is 2.29. The molecule has 1 N–H and O–H groups in total. The molecular weight excluding hydrogens is 454 g/mol. The molecule has 1 fully saturated rings. The molecule has 1 heterocycles. The fourth-order valence-corrected chi connectivity index (χ4v) is 5.53. The predicted molar refractivity (Wildman–Crippen MR) is 133 cm³/mol. The van der Waals surface area contributed by atoms with Gasteiger partial charge in [-0.15, -0.1) is 0 Å². The van der Waals surface area contributed by atoms with Crippen molar-refractivity contribution in [3.8, 4) is 11.5 Å². The molecule has 1 amide bonds. The van der Waals surface area contributed by atoms with Gasteiger partial charge in [0.2, 0.25) is 5.91 Å². The van der Waals surface area contributed by atoms with Gasteiger partial charge in [0.25, 0.3) is 10.0 Å². The van der Waals surface area contributed by atoms with Crippen molar-refractivity contribution in [3.05, 3.63) is 48.5 Å². The van der Waals surface area contributed by atoms with Crippen LogP contribution in [0.2, 0.25) is 0 Å². The van der Waals surface area contributed by atoms with E-state index in [0.29, 0.717) is 18.0 Å². The number of amides is 1. The number of hydrogen-bond donors (Lipinski definition) is 1. The second kappa shape index (κ2) is 12.6. The average molecular weight is 490 g/mol. The number of carbonyl (C=O) groups is 1. The minimum atomic E-state index is -4.03. The Kier molecular flexibility index (Phi) is 9.59. The molecule has 34 heavy (non-hydrogen) atoms. The zero-order chi connectivity index (χ0) is 24.4. The molecule has 0 aromatic heterocycles. The number of nitrogens with one attached hydrogen (secondary N) is 1. The van der Waals surface area contributed by atoms with Crippen LogP contribution in [0.5, 0.6) is 11.5 Å². The summed E-state index contributed by atoms with van der Waals surface area (Å²) in [6, 6.07) is 12.9. The fraction of sp³-hybridized carbons (Fsp3) is 0.480. The minimum Gasteiger partial charge on any atom is -0.497 e. The van der Waals surface area contributed by atoms with Crippen molar-refractivity contribution in [1.29, 1.82) is 0 Å². The SMILES string of the molecule is COc1ccc(OC)c(N(CC(=O)NCCCN2CCCCCC2)S(=O)(=O)c2ccccc2)c1. The summed E-state index contributed by atoms with van der Waals surface area (Å²) in [5, 5.41) is 2.88. The van der Waals surface area contributed by atoms with E-state index in [-0.39, 0.29) is 23.0 Å². The Balaban J connectivity index is 1.75. The quantitative estimate of drug-likeness (QED) is 0.488. The molecule has 0 spiro atoms. The average Bonchev–Trinajstić information content (AvgIpc) is 3.14. The van der Waals surface area contributed by atoms with Crippen molar-refractivity contribution in [2.24, 2.45) is 0 Å². The van der Waals surface area contributed by atoms with Gasteiger partial charge in [0.15, 0.2) is 0 Å². The van der Waals surface area contributed by atoms with Crippen molar-refractivity contribution < 1.29 is 22.7 Å². The predicted octanol–water partition coefficient (Wildman–Crippen LogP) is 3.28. The first-order chi connectivity index (χ1) is 16.5. The van der Waals surface area contributed by atoms with Gasteiger partial charge in [-0.1, -0.05) is 31.0 Å². The highest BCUT2D eigenvalue weighted by molar-refractivity contribution is 7.92. The van der Waals surface area contributed by atoms with Crippen molar-refractivity contribution in [2.45, 2.75) is 37.0 Å². The molecule has 0 radical (unpaired) electrons. The Hall–Kier alpha value is -2.78. The van der Waals surface area contributed by atoms with Crippen LogP contribution in [0.15, 0.2) is 53.4 Å². The van der Waals surface area contributed by atoms with E-state index in [1.807, 2.05) is 0 Å². The Morgan fingerprint density at radius 3 is 2.35 bits per heavy atom. The van der Waals surface area contributed by atoms with Crippen molar-refractivity contribution in [1.82, 2.24) is 10.2 Å². The zero-order valence-corrected chi connectivity index (χ0v) is 20.9. The maximum atomic E-state index is 13.5. The number of ether oxygens (including phenoxy) is 2. The smallest absolute Gasteiger partial charge is 0.264 e. The number of rotatable bonds is 11. The molecule has 1 saturated heterocycles. The van der Waals surface area contributed by atoms with E-state index in [0.717, 1.165) is 30.4 Å². The van der Waals surface area contributed by atoms with E-state index in [2.05, 4.69) is 10.2 Å². The second-order valence-corrected chi connectivity index (χ2v) is 10.2. The summed E-state index contributed by atoms with van der Waals surface area (Å²) in [5.74, 6) is 0.413. The Labute approximate surface area is 202 Å². The van der Waals surface area contributed by atoms with Crippen LogP contribution in [0.4, 0.5) is 5.69 Å². The Bertz CT molecular complexity index is 1020. The lowest BCUT2D eigenvalue weighted by Crippen LogP contribution is -2.41. The van der Waals surface area contributed by atoms with E-state index in [1.165, 1.54) is 52.0 Å². The van der Waals surface area contributed by atoms with Crippen molar-refractivity contribution in [2.75, 3.05) is 51.2 Å². The largest absolute Gasteiger partial charge is 0.497 e. The number of likely N-dealkylation sites (tertiary alicyclic amines) is 1. The maximum absolute atomic E-state index is 13.5. The van der Waals surface area contributed by atoms with Gasteiger partial charge in [0.05, 0.1) is 24.8 Å². The van der Waals surface area contributed by atoms with Gasteiger partial charge < -0.3 is 19.7 Å². The topological polar surface area (TPSA) is 88.2 Å². The van der Waals surface area contributed by atoms with Crippen molar-refractivity contribution in [3.63, 3.8) is 0 Å². The molecule has 2 aromatic rings. The molecule has 8 nitrogen and oxygen atoms in total. The third kappa shape index (κ3) is 6.87. The molecule has 0 bridgehead atoms. The fourth-order valence-electron chi connectivity index (χ4n) is 4.09. The first-order valence-corrected chi connectivity index (χ1v) is 13.2. The lowest BCUT2D eigenvalue weighted by Gasteiger charge is -2.26. The van der Waals surface area contributed by atoms with Crippen LogP contribution >= 0.6 is 0 Å². The Morgan fingerprint density at radius 1 is 1.00 bits per heavy atom. The molecule has 0 atom stereocenters. The zero-order valence-electron chi connectivity index (χ0n) is 20.0. The number of hydrogen-bond acceptors (Lipinski definition) is 6. The van der Waals surface area contributed by atoms with Crippen LogP contribution < -0.4 is 19.1 Å². The number of sulfonamides is 1. The summed E-state index contributed by atoms with van der Waals surface area (Å²) in [5.41, 5.74) is 0.241. The molecule has 1 aliphatic rings. The van der Waals surface area contributed by atoms with Gasteiger partial charge in [-0.3, -0.25) is 9.10 Å². The van der Waals surface area contributed by atoms with Crippen LogP contribution in [-0.2, 0) is 14.8 Å². The molecule has 0 unspecified atom stereocenters. The van der Waals surface area contributed by atoms with E-state index in [9.17, 15) is 13.2 Å². The standard InChI is InChI=1S/C25H35N3O5S/c1-32-21-13-14-24(33-2)23(19-21)28(34(30,31)22-11-6-5-7-12-22)20-25(29)26-15-10-18-27-16-8-3-4-9-17-27/h5-7,11-14,19H,3-4,8-10,15-18,20H2,1-2H3,(H,26,29). The number of benzene rings is 2. The molecule has 9 heteroatoms. The third-order valence-corrected chi connectivity index (χ3v) is 7.72. The molecule has 3 rings (SSSR count). The van der Waals surface area contributed by atoms with E-state index < -0.39 is 10.0 Å². The normalized spacial score (nSPS) is 14.8. The molecule has 0 aliphatic carbocycles. The van der Waals surface area contributed by atoms with Gasteiger partial charge in [-0.2, -0.15) is 0 Å². The summed E-state index contributed by atoms with van der Waals surface area (Å²) >= 11 is 0. The van der Waals surface area contributed by atoms with Crippen LogP contribution in [-0.4, -0.2) is 66.2 Å². The summed E-state index contributed by atoms with van der Waals surface area (Å²) < 4.78 is 38.9. The molecule has 186 valence electrons. The van der Waals surface area contributed by atoms with E-state index in [4.69, 9.17) is 9.47 Å². The van der Waals surface area contributed by atoms with Crippen LogP contribution in [0.3, 0.4) is 0 Å². The lowest BCUT2D eigenvalue weighted by molar-refractivity contribution is -0.119. The van der Waals surface area contributed by atoms with E-state index >= 15 is 0 Å². The molecule has 2 aromatic carbocycles. The highest BCUT2D eigenvalue weighted by atomic mass is 32.2. The Morgan fingerprint density at radius 2 is 1.71 bits per heavy atom. The van der Waals surface area contributed by atoms with Crippen LogP contribution in [0, 0.1) is 0 Å². The van der Waals surface area contributed by atoms with Crippen LogP contribution in [0.25, 0.3) is 0 Å². The van der Waals surface area contributed by atoms with Crippen molar-refractivity contribution >= 4 is 21.6 Å². The summed E-state index contributed by atoms with van der Waals surface area (Å²) in [7, 11) is -1.07. The van der Waals surface area contributed by atoms with Gasteiger partial charge in [-0.05, 0) is 63.2 Å². The summed E-state index contributed by atoms with van der Waals surface area (Å²) in [6.45, 7) is 3.25. The van der Waals surface area contributed by atoms with Gasteiger partial charge in [-0.25, -0.2) is 8.42 Å². The minimum absolute atomic E-state index is 0.0915. The summed E-state index contributed by atoms with van der Waals surface area (Å²) in [6.07, 6.45) is 5.83. The first-order valence-electron chi connectivity index (χ1n) is 11.7. The number of methoxy groups -OCH3 is 2. The second-order valence-electron chi connectivity index (χ2n) is 8.32. The number of nitrogens with zero attached hydrogens (tertiary/aromatic N) is 2. The maximum Gasteiger partial charge on any atom is 0.264 e. The molecule has 0 saturated carbocycles. The number of carbonyl (C=O) groups excluding carboxylic acids is 1.